The fourth-order valence-electron chi connectivity index (χ4n) is 2.52. The quantitative estimate of drug-likeness (QED) is 0.576. The van der Waals surface area contributed by atoms with Gasteiger partial charge in [-0.1, -0.05) is 12.1 Å². The number of H-pyrrole nitrogens is 2. The highest BCUT2D eigenvalue weighted by molar-refractivity contribution is 7.84. The molecule has 8 nitrogen and oxygen atoms in total. The number of carbonyl (C=O) groups is 2. The first-order valence-corrected chi connectivity index (χ1v) is 9.57. The number of rotatable bonds is 5. The molecule has 0 aliphatic carbocycles. The number of anilines is 1. The van der Waals surface area contributed by atoms with Gasteiger partial charge >= 0.3 is 11.7 Å². The molecule has 9 heteroatoms. The van der Waals surface area contributed by atoms with Crippen molar-refractivity contribution in [1.82, 2.24) is 9.97 Å². The minimum atomic E-state index is -1.36. The summed E-state index contributed by atoms with van der Waals surface area (Å²) in [6.07, 6.45) is 0.390. The molecule has 0 saturated carbocycles. The van der Waals surface area contributed by atoms with Gasteiger partial charge in [-0.3, -0.25) is 9.00 Å². The van der Waals surface area contributed by atoms with Crippen molar-refractivity contribution < 1.29 is 18.5 Å². The van der Waals surface area contributed by atoms with Gasteiger partial charge < -0.3 is 20.0 Å². The molecule has 2 atom stereocenters. The minimum absolute atomic E-state index is 0.157. The second-order valence-corrected chi connectivity index (χ2v) is 7.17. The van der Waals surface area contributed by atoms with Crippen LogP contribution in [0, 0.1) is 0 Å². The van der Waals surface area contributed by atoms with E-state index in [0.717, 1.165) is 0 Å². The van der Waals surface area contributed by atoms with E-state index in [0.29, 0.717) is 21.6 Å². The summed E-state index contributed by atoms with van der Waals surface area (Å²) in [4.78, 5) is 41.5. The molecule has 1 amide bonds. The van der Waals surface area contributed by atoms with Gasteiger partial charge in [-0.05, 0) is 37.3 Å². The minimum Gasteiger partial charge on any atom is -0.449 e. The van der Waals surface area contributed by atoms with Crippen molar-refractivity contribution in [1.29, 1.82) is 0 Å². The highest BCUT2D eigenvalue weighted by atomic mass is 32.2. The smallest absolute Gasteiger partial charge is 0.340 e. The Bertz CT molecular complexity index is 1100. The number of amides is 1. The average molecular weight is 387 g/mol. The molecule has 3 aromatic rings. The van der Waals surface area contributed by atoms with Crippen molar-refractivity contribution in [3.8, 4) is 0 Å². The van der Waals surface area contributed by atoms with Crippen molar-refractivity contribution in [2.75, 3.05) is 11.6 Å². The summed E-state index contributed by atoms with van der Waals surface area (Å²) < 4.78 is 16.9. The van der Waals surface area contributed by atoms with Gasteiger partial charge in [0.1, 0.15) is 0 Å². The van der Waals surface area contributed by atoms with Crippen molar-refractivity contribution in [2.24, 2.45) is 0 Å². The third-order valence-electron chi connectivity index (χ3n) is 3.85. The maximum absolute atomic E-state index is 12.3. The van der Waals surface area contributed by atoms with Crippen LogP contribution in [0.5, 0.6) is 0 Å². The Morgan fingerprint density at radius 2 is 1.81 bits per heavy atom. The van der Waals surface area contributed by atoms with Crippen LogP contribution in [0.4, 0.5) is 5.69 Å². The molecule has 1 aromatic heterocycles. The molecule has 3 rings (SSSR count). The topological polar surface area (TPSA) is 121 Å². The van der Waals surface area contributed by atoms with E-state index in [2.05, 4.69) is 15.3 Å². The summed E-state index contributed by atoms with van der Waals surface area (Å²) in [5.41, 5.74) is 1.41. The Morgan fingerprint density at radius 1 is 1.11 bits per heavy atom. The predicted octanol–water partition coefficient (Wildman–Crippen LogP) is 1.78. The van der Waals surface area contributed by atoms with E-state index < -0.39 is 28.8 Å². The van der Waals surface area contributed by atoms with Crippen LogP contribution in [0.2, 0.25) is 0 Å². The van der Waals surface area contributed by atoms with E-state index in [9.17, 15) is 18.6 Å². The zero-order chi connectivity index (χ0) is 19.6. The Morgan fingerprint density at radius 3 is 2.56 bits per heavy atom. The van der Waals surface area contributed by atoms with Crippen molar-refractivity contribution in [2.45, 2.75) is 17.9 Å². The number of hydrogen-bond donors (Lipinski definition) is 3. The lowest BCUT2D eigenvalue weighted by molar-refractivity contribution is -0.123. The highest BCUT2D eigenvalue weighted by Gasteiger charge is 2.21. The summed E-state index contributed by atoms with van der Waals surface area (Å²) in [5, 5.41) is 2.63. The summed E-state index contributed by atoms with van der Waals surface area (Å²) in [7, 11) is -1.36. The van der Waals surface area contributed by atoms with Crippen LogP contribution >= 0.6 is 0 Å². The summed E-state index contributed by atoms with van der Waals surface area (Å²) >= 11 is 0. The van der Waals surface area contributed by atoms with Gasteiger partial charge in [0.15, 0.2) is 6.10 Å². The Labute approximate surface area is 156 Å². The van der Waals surface area contributed by atoms with E-state index >= 15 is 0 Å². The van der Waals surface area contributed by atoms with Gasteiger partial charge in [0.25, 0.3) is 5.91 Å². The van der Waals surface area contributed by atoms with Gasteiger partial charge in [0.2, 0.25) is 0 Å². The SMILES string of the molecule is C[C@H](OC(=O)c1ccccc1[S@@](C)=O)C(=O)Nc1ccc2[nH]c(=O)[nH]c2c1. The predicted molar refractivity (Wildman–Crippen MR) is 101 cm³/mol. The van der Waals surface area contributed by atoms with E-state index in [-0.39, 0.29) is 11.3 Å². The maximum Gasteiger partial charge on any atom is 0.340 e. The number of carbonyl (C=O) groups excluding carboxylic acids is 2. The molecule has 140 valence electrons. The zero-order valence-corrected chi connectivity index (χ0v) is 15.4. The molecular formula is C18H17N3O5S. The van der Waals surface area contributed by atoms with E-state index in [1.165, 1.54) is 19.2 Å². The number of nitrogens with one attached hydrogen (secondary N) is 3. The van der Waals surface area contributed by atoms with Crippen LogP contribution < -0.4 is 11.0 Å². The molecule has 0 aliphatic rings. The molecule has 0 bridgehead atoms. The van der Waals surface area contributed by atoms with Gasteiger partial charge in [-0.15, -0.1) is 0 Å². The lowest BCUT2D eigenvalue weighted by Crippen LogP contribution is -2.30. The zero-order valence-electron chi connectivity index (χ0n) is 14.6. The number of aromatic amines is 2. The molecule has 3 N–H and O–H groups in total. The third kappa shape index (κ3) is 4.14. The second kappa shape index (κ2) is 7.58. The molecule has 0 fully saturated rings. The number of aromatic nitrogens is 2. The van der Waals surface area contributed by atoms with E-state index in [4.69, 9.17) is 4.74 Å². The fraction of sp³-hybridized carbons (Fsp3) is 0.167. The first kappa shape index (κ1) is 18.6. The van der Waals surface area contributed by atoms with E-state index in [1.54, 1.807) is 36.4 Å². The van der Waals surface area contributed by atoms with Gasteiger partial charge in [0, 0.05) is 11.9 Å². The van der Waals surface area contributed by atoms with Crippen LogP contribution in [0.1, 0.15) is 17.3 Å². The molecule has 0 aliphatic heterocycles. The average Bonchev–Trinajstić information content (AvgIpc) is 3.00. The Balaban J connectivity index is 1.70. The Kier molecular flexibility index (Phi) is 5.22. The maximum atomic E-state index is 12.3. The van der Waals surface area contributed by atoms with Crippen molar-refractivity contribution >= 4 is 39.4 Å². The molecule has 0 unspecified atom stereocenters. The lowest BCUT2D eigenvalue weighted by atomic mass is 10.2. The fourth-order valence-corrected chi connectivity index (χ4v) is 3.25. The van der Waals surface area contributed by atoms with Crippen LogP contribution in [0.3, 0.4) is 0 Å². The van der Waals surface area contributed by atoms with Crippen LogP contribution in [0.25, 0.3) is 11.0 Å². The standard InChI is InChI=1S/C18H17N3O5S/c1-10(26-17(23)12-5-3-4-6-15(12)27(2)25)16(22)19-11-7-8-13-14(9-11)21-18(24)20-13/h3-10H,1-2H3,(H,19,22)(H2,20,21,24)/t10-,27+/m0/s1. The van der Waals surface area contributed by atoms with Crippen molar-refractivity contribution in [3.05, 3.63) is 58.5 Å². The summed E-state index contributed by atoms with van der Waals surface area (Å²) in [6.45, 7) is 1.44. The number of benzene rings is 2. The van der Waals surface area contributed by atoms with Gasteiger partial charge in [-0.2, -0.15) is 0 Å². The molecular weight excluding hydrogens is 370 g/mol. The first-order valence-electron chi connectivity index (χ1n) is 8.01. The molecule has 2 aromatic carbocycles. The second-order valence-electron chi connectivity index (χ2n) is 5.83. The van der Waals surface area contributed by atoms with Gasteiger partial charge in [-0.25, -0.2) is 9.59 Å². The number of fused-ring (bicyclic) bond motifs is 1. The normalized spacial score (nSPS) is 13.1. The monoisotopic (exact) mass is 387 g/mol. The first-order chi connectivity index (χ1) is 12.8. The highest BCUT2D eigenvalue weighted by Crippen LogP contribution is 2.17. The Hall–Kier alpha value is -3.20. The lowest BCUT2D eigenvalue weighted by Gasteiger charge is -2.14. The molecule has 1 heterocycles. The number of ether oxygens (including phenoxy) is 1. The van der Waals surface area contributed by atoms with Gasteiger partial charge in [0.05, 0.1) is 32.3 Å². The third-order valence-corrected chi connectivity index (χ3v) is 4.83. The van der Waals surface area contributed by atoms with Crippen molar-refractivity contribution in [3.63, 3.8) is 0 Å². The number of imidazole rings is 1. The van der Waals surface area contributed by atoms with Crippen LogP contribution in [0.15, 0.2) is 52.2 Å². The molecule has 27 heavy (non-hydrogen) atoms. The number of hydrogen-bond acceptors (Lipinski definition) is 5. The molecule has 0 spiro atoms. The number of esters is 1. The molecule has 0 saturated heterocycles. The van der Waals surface area contributed by atoms with E-state index in [1.807, 2.05) is 0 Å². The van der Waals surface area contributed by atoms with Crippen LogP contribution in [-0.4, -0.2) is 38.4 Å². The molecule has 0 radical (unpaired) electrons. The van der Waals surface area contributed by atoms with Crippen LogP contribution in [-0.2, 0) is 20.3 Å². The largest absolute Gasteiger partial charge is 0.449 e. The summed E-state index contributed by atoms with van der Waals surface area (Å²) in [6, 6.07) is 11.2. The summed E-state index contributed by atoms with van der Waals surface area (Å²) in [5.74, 6) is -1.26.